The van der Waals surface area contributed by atoms with Gasteiger partial charge in [-0.1, -0.05) is 24.6 Å². The van der Waals surface area contributed by atoms with Gasteiger partial charge in [0.15, 0.2) is 5.16 Å². The van der Waals surface area contributed by atoms with Crippen molar-refractivity contribution in [3.05, 3.63) is 36.1 Å². The molecular formula is C18H24N4O2S. The molecule has 2 aromatic rings. The van der Waals surface area contributed by atoms with Crippen molar-refractivity contribution in [3.8, 4) is 0 Å². The van der Waals surface area contributed by atoms with Crippen LogP contribution in [0.15, 0.2) is 34.0 Å². The van der Waals surface area contributed by atoms with Crippen molar-refractivity contribution in [2.45, 2.75) is 49.7 Å². The highest BCUT2D eigenvalue weighted by molar-refractivity contribution is 7.98. The molecule has 1 aliphatic carbocycles. The van der Waals surface area contributed by atoms with Crippen LogP contribution in [0.5, 0.6) is 0 Å². The monoisotopic (exact) mass is 360 g/mol. The van der Waals surface area contributed by atoms with Crippen LogP contribution in [0.2, 0.25) is 0 Å². The first-order valence-corrected chi connectivity index (χ1v) is 9.97. The summed E-state index contributed by atoms with van der Waals surface area (Å²) in [5, 5.41) is 12.6. The van der Waals surface area contributed by atoms with Gasteiger partial charge in [-0.3, -0.25) is 4.79 Å². The SMILES string of the molecule is CSc1nnc(CCCNC(=O)C=Cc2ccco2)n1C1CCCC1. The summed E-state index contributed by atoms with van der Waals surface area (Å²) in [5.74, 6) is 1.60. The molecule has 134 valence electrons. The highest BCUT2D eigenvalue weighted by Crippen LogP contribution is 2.33. The highest BCUT2D eigenvalue weighted by atomic mass is 32.2. The predicted molar refractivity (Wildman–Crippen MR) is 98.4 cm³/mol. The van der Waals surface area contributed by atoms with E-state index in [1.54, 1.807) is 30.2 Å². The fourth-order valence-corrected chi connectivity index (χ4v) is 3.78. The maximum absolute atomic E-state index is 11.8. The second-order valence-electron chi connectivity index (χ2n) is 6.15. The Balaban J connectivity index is 1.47. The van der Waals surface area contributed by atoms with E-state index in [9.17, 15) is 4.79 Å². The molecule has 1 saturated carbocycles. The molecule has 0 bridgehead atoms. The van der Waals surface area contributed by atoms with Crippen LogP contribution in [0.25, 0.3) is 6.08 Å². The normalized spacial score (nSPS) is 15.2. The highest BCUT2D eigenvalue weighted by Gasteiger charge is 2.23. The van der Waals surface area contributed by atoms with Crippen molar-refractivity contribution in [3.63, 3.8) is 0 Å². The Morgan fingerprint density at radius 3 is 3.00 bits per heavy atom. The fourth-order valence-electron chi connectivity index (χ4n) is 3.21. The summed E-state index contributed by atoms with van der Waals surface area (Å²) >= 11 is 1.65. The Hall–Kier alpha value is -2.02. The van der Waals surface area contributed by atoms with Crippen LogP contribution in [-0.4, -0.2) is 33.5 Å². The van der Waals surface area contributed by atoms with Crippen LogP contribution in [0, 0.1) is 0 Å². The standard InChI is InChI=1S/C18H24N4O2S/c1-25-18-21-20-16(22(18)14-6-2-3-7-14)9-4-12-19-17(23)11-10-15-8-5-13-24-15/h5,8,10-11,13-14H,2-4,6-7,9,12H2,1H3,(H,19,23). The number of aromatic nitrogens is 3. The van der Waals surface area contributed by atoms with Gasteiger partial charge >= 0.3 is 0 Å². The molecule has 7 heteroatoms. The third kappa shape index (κ3) is 4.75. The number of aryl methyl sites for hydroxylation is 1. The van der Waals surface area contributed by atoms with Crippen LogP contribution >= 0.6 is 11.8 Å². The van der Waals surface area contributed by atoms with Crippen LogP contribution in [0.1, 0.15) is 49.7 Å². The van der Waals surface area contributed by atoms with Gasteiger partial charge in [0, 0.05) is 25.1 Å². The molecule has 3 rings (SSSR count). The summed E-state index contributed by atoms with van der Waals surface area (Å²) in [6.07, 6.45) is 13.5. The topological polar surface area (TPSA) is 73.0 Å². The number of amides is 1. The lowest BCUT2D eigenvalue weighted by molar-refractivity contribution is -0.116. The quantitative estimate of drug-likeness (QED) is 0.443. The van der Waals surface area contributed by atoms with Crippen LogP contribution < -0.4 is 5.32 Å². The van der Waals surface area contributed by atoms with Gasteiger partial charge < -0.3 is 14.3 Å². The third-order valence-electron chi connectivity index (χ3n) is 4.43. The van der Waals surface area contributed by atoms with Gasteiger partial charge in [-0.25, -0.2) is 0 Å². The number of hydrogen-bond donors (Lipinski definition) is 1. The molecule has 1 amide bonds. The van der Waals surface area contributed by atoms with E-state index in [-0.39, 0.29) is 5.91 Å². The average Bonchev–Trinajstić information content (AvgIpc) is 3.38. The minimum atomic E-state index is -0.113. The maximum Gasteiger partial charge on any atom is 0.244 e. The molecule has 0 aliphatic heterocycles. The Kier molecular flexibility index (Phi) is 6.33. The van der Waals surface area contributed by atoms with Gasteiger partial charge in [0.1, 0.15) is 11.6 Å². The Morgan fingerprint density at radius 2 is 2.28 bits per heavy atom. The molecule has 1 aliphatic rings. The first-order chi connectivity index (χ1) is 12.3. The van der Waals surface area contributed by atoms with Gasteiger partial charge in [0.25, 0.3) is 0 Å². The van der Waals surface area contributed by atoms with Crippen molar-refractivity contribution in [1.29, 1.82) is 0 Å². The van der Waals surface area contributed by atoms with Crippen molar-refractivity contribution in [2.24, 2.45) is 0 Å². The minimum absolute atomic E-state index is 0.113. The van der Waals surface area contributed by atoms with E-state index in [0.29, 0.717) is 18.3 Å². The molecule has 6 nitrogen and oxygen atoms in total. The summed E-state index contributed by atoms with van der Waals surface area (Å²) < 4.78 is 7.47. The number of furan rings is 1. The first-order valence-electron chi connectivity index (χ1n) is 8.75. The lowest BCUT2D eigenvalue weighted by Gasteiger charge is -2.16. The summed E-state index contributed by atoms with van der Waals surface area (Å²) in [7, 11) is 0. The molecule has 2 heterocycles. The number of carbonyl (C=O) groups excluding carboxylic acids is 1. The number of hydrogen-bond acceptors (Lipinski definition) is 5. The number of nitrogens with one attached hydrogen (secondary N) is 1. The number of nitrogens with zero attached hydrogens (tertiary/aromatic N) is 3. The van der Waals surface area contributed by atoms with Crippen molar-refractivity contribution in [2.75, 3.05) is 12.8 Å². The number of rotatable bonds is 8. The summed E-state index contributed by atoms with van der Waals surface area (Å²) in [6, 6.07) is 4.14. The van der Waals surface area contributed by atoms with E-state index in [1.807, 2.05) is 12.3 Å². The van der Waals surface area contributed by atoms with Gasteiger partial charge in [-0.15, -0.1) is 10.2 Å². The number of thioether (sulfide) groups is 1. The largest absolute Gasteiger partial charge is 0.465 e. The zero-order valence-corrected chi connectivity index (χ0v) is 15.3. The van der Waals surface area contributed by atoms with Crippen LogP contribution in [0.3, 0.4) is 0 Å². The molecule has 0 aromatic carbocycles. The predicted octanol–water partition coefficient (Wildman–Crippen LogP) is 3.47. The summed E-state index contributed by atoms with van der Waals surface area (Å²) in [5.41, 5.74) is 0. The molecule has 25 heavy (non-hydrogen) atoms. The maximum atomic E-state index is 11.8. The Morgan fingerprint density at radius 1 is 1.44 bits per heavy atom. The minimum Gasteiger partial charge on any atom is -0.465 e. The van der Waals surface area contributed by atoms with E-state index in [2.05, 4.69) is 20.1 Å². The van der Waals surface area contributed by atoms with Crippen molar-refractivity contribution in [1.82, 2.24) is 20.1 Å². The van der Waals surface area contributed by atoms with Gasteiger partial charge in [0.2, 0.25) is 5.91 Å². The van der Waals surface area contributed by atoms with E-state index in [1.165, 1.54) is 31.8 Å². The average molecular weight is 360 g/mol. The molecule has 0 saturated heterocycles. The Labute approximate surface area is 152 Å². The zero-order chi connectivity index (χ0) is 17.5. The molecule has 1 N–H and O–H groups in total. The van der Waals surface area contributed by atoms with Gasteiger partial charge in [-0.05, 0) is 43.7 Å². The molecule has 0 radical (unpaired) electrons. The van der Waals surface area contributed by atoms with Crippen LogP contribution in [-0.2, 0) is 11.2 Å². The van der Waals surface area contributed by atoms with Crippen LogP contribution in [0.4, 0.5) is 0 Å². The van der Waals surface area contributed by atoms with E-state index in [0.717, 1.165) is 23.8 Å². The second-order valence-corrected chi connectivity index (χ2v) is 6.93. The lowest BCUT2D eigenvalue weighted by Crippen LogP contribution is -2.23. The molecule has 1 fully saturated rings. The molecule has 0 spiro atoms. The summed E-state index contributed by atoms with van der Waals surface area (Å²) in [4.78, 5) is 11.8. The third-order valence-corrected chi connectivity index (χ3v) is 5.07. The van der Waals surface area contributed by atoms with E-state index in [4.69, 9.17) is 4.42 Å². The Bertz CT molecular complexity index is 703. The molecule has 0 atom stereocenters. The summed E-state index contributed by atoms with van der Waals surface area (Å²) in [6.45, 7) is 0.619. The van der Waals surface area contributed by atoms with E-state index < -0.39 is 0 Å². The second kappa shape index (κ2) is 8.89. The fraction of sp³-hybridized carbons (Fsp3) is 0.500. The van der Waals surface area contributed by atoms with Crippen molar-refractivity contribution >= 4 is 23.7 Å². The number of carbonyl (C=O) groups is 1. The van der Waals surface area contributed by atoms with Gasteiger partial charge in [0.05, 0.1) is 6.26 Å². The lowest BCUT2D eigenvalue weighted by atomic mass is 10.2. The molecule has 2 aromatic heterocycles. The molecular weight excluding hydrogens is 336 g/mol. The smallest absolute Gasteiger partial charge is 0.244 e. The molecule has 0 unspecified atom stereocenters. The van der Waals surface area contributed by atoms with Crippen molar-refractivity contribution < 1.29 is 9.21 Å². The zero-order valence-electron chi connectivity index (χ0n) is 14.5. The van der Waals surface area contributed by atoms with E-state index >= 15 is 0 Å². The first kappa shape index (κ1) is 17.8. The van der Waals surface area contributed by atoms with Gasteiger partial charge in [-0.2, -0.15) is 0 Å².